The monoisotopic (exact) mass is 305 g/mol. The number of carbonyl (C=O) groups excluding carboxylic acids is 1. The Morgan fingerprint density at radius 3 is 2.58 bits per heavy atom. The van der Waals surface area contributed by atoms with Gasteiger partial charge < -0.3 is 11.1 Å². The van der Waals surface area contributed by atoms with Gasteiger partial charge in [-0.1, -0.05) is 0 Å². The van der Waals surface area contributed by atoms with Crippen LogP contribution < -0.4 is 11.1 Å². The molecule has 6 heteroatoms. The van der Waals surface area contributed by atoms with Crippen molar-refractivity contribution in [3.05, 3.63) is 29.1 Å². The van der Waals surface area contributed by atoms with Crippen LogP contribution in [0.5, 0.6) is 0 Å². The van der Waals surface area contributed by atoms with Gasteiger partial charge in [0.05, 0.1) is 11.3 Å². The molecule has 0 aliphatic heterocycles. The van der Waals surface area contributed by atoms with E-state index in [9.17, 15) is 4.79 Å². The fourth-order valence-electron chi connectivity index (χ4n) is 1.92. The molecular weight excluding hydrogens is 285 g/mol. The fourth-order valence-corrected chi connectivity index (χ4v) is 1.92. The topological polar surface area (TPSA) is 68.0 Å². The van der Waals surface area contributed by atoms with Crippen LogP contribution in [0.2, 0.25) is 0 Å². The van der Waals surface area contributed by atoms with E-state index in [0.29, 0.717) is 18.0 Å². The van der Waals surface area contributed by atoms with Gasteiger partial charge in [-0.2, -0.15) is 0 Å². The van der Waals surface area contributed by atoms with Crippen molar-refractivity contribution in [1.29, 1.82) is 0 Å². The number of hydrogen-bond donors (Lipinski definition) is 2. The molecular formula is C13H21Cl2N3O. The minimum atomic E-state index is -0.0777. The Kier molecular flexibility index (Phi) is 7.34. The van der Waals surface area contributed by atoms with Crippen molar-refractivity contribution in [2.45, 2.75) is 32.7 Å². The van der Waals surface area contributed by atoms with Crippen molar-refractivity contribution in [3.63, 3.8) is 0 Å². The van der Waals surface area contributed by atoms with E-state index in [4.69, 9.17) is 5.73 Å². The molecule has 1 unspecified atom stereocenters. The summed E-state index contributed by atoms with van der Waals surface area (Å²) in [5, 5.41) is 2.88. The lowest BCUT2D eigenvalue weighted by molar-refractivity contribution is 0.0949. The molecule has 0 spiro atoms. The highest BCUT2D eigenvalue weighted by Crippen LogP contribution is 2.31. The van der Waals surface area contributed by atoms with Crippen LogP contribution >= 0.6 is 24.8 Å². The van der Waals surface area contributed by atoms with Crippen LogP contribution in [0.25, 0.3) is 0 Å². The van der Waals surface area contributed by atoms with E-state index in [-0.39, 0.29) is 36.8 Å². The summed E-state index contributed by atoms with van der Waals surface area (Å²) in [6.07, 6.45) is 2.39. The van der Waals surface area contributed by atoms with Crippen LogP contribution in [0, 0.1) is 19.8 Å². The highest BCUT2D eigenvalue weighted by molar-refractivity contribution is 5.95. The number of amides is 1. The number of aryl methyl sites for hydroxylation is 2. The van der Waals surface area contributed by atoms with Gasteiger partial charge in [0.2, 0.25) is 0 Å². The first-order chi connectivity index (χ1) is 8.08. The molecule has 1 saturated carbocycles. The zero-order valence-electron chi connectivity index (χ0n) is 11.2. The average Bonchev–Trinajstić information content (AvgIpc) is 3.09. The molecule has 1 amide bonds. The van der Waals surface area contributed by atoms with Gasteiger partial charge in [0, 0.05) is 18.3 Å². The van der Waals surface area contributed by atoms with Gasteiger partial charge in [-0.3, -0.25) is 9.78 Å². The molecule has 1 fully saturated rings. The van der Waals surface area contributed by atoms with Crippen LogP contribution in [0.4, 0.5) is 0 Å². The summed E-state index contributed by atoms with van der Waals surface area (Å²) in [5.74, 6) is 0.527. The largest absolute Gasteiger partial charge is 0.350 e. The second-order valence-corrected chi connectivity index (χ2v) is 4.80. The zero-order chi connectivity index (χ0) is 12.4. The smallest absolute Gasteiger partial charge is 0.253 e. The van der Waals surface area contributed by atoms with E-state index in [0.717, 1.165) is 11.4 Å². The van der Waals surface area contributed by atoms with Crippen LogP contribution in [-0.4, -0.2) is 23.5 Å². The molecule has 19 heavy (non-hydrogen) atoms. The van der Waals surface area contributed by atoms with Gasteiger partial charge in [0.15, 0.2) is 0 Å². The van der Waals surface area contributed by atoms with Crippen molar-refractivity contribution in [2.75, 3.05) is 6.54 Å². The van der Waals surface area contributed by atoms with E-state index >= 15 is 0 Å². The number of carbonyl (C=O) groups is 1. The fraction of sp³-hybridized carbons (Fsp3) is 0.538. The molecule has 1 atom stereocenters. The van der Waals surface area contributed by atoms with Crippen molar-refractivity contribution in [2.24, 2.45) is 11.7 Å². The SMILES string of the molecule is Cc1ccc(C(=O)NCC(N)C2CC2)c(C)n1.Cl.Cl. The Labute approximate surface area is 126 Å². The Morgan fingerprint density at radius 1 is 1.42 bits per heavy atom. The Morgan fingerprint density at radius 2 is 2.05 bits per heavy atom. The summed E-state index contributed by atoms with van der Waals surface area (Å²) in [7, 11) is 0. The number of rotatable bonds is 4. The van der Waals surface area contributed by atoms with Crippen LogP contribution in [0.1, 0.15) is 34.6 Å². The third-order valence-electron chi connectivity index (χ3n) is 3.20. The molecule has 0 aromatic carbocycles. The van der Waals surface area contributed by atoms with Crippen molar-refractivity contribution in [1.82, 2.24) is 10.3 Å². The lowest BCUT2D eigenvalue weighted by atomic mass is 10.1. The highest BCUT2D eigenvalue weighted by Gasteiger charge is 2.28. The van der Waals surface area contributed by atoms with Crippen molar-refractivity contribution < 1.29 is 4.79 Å². The quantitative estimate of drug-likeness (QED) is 0.894. The van der Waals surface area contributed by atoms with Crippen molar-refractivity contribution in [3.8, 4) is 0 Å². The summed E-state index contributed by atoms with van der Waals surface area (Å²) in [6, 6.07) is 3.76. The molecule has 1 heterocycles. The Hall–Kier alpha value is -0.840. The molecule has 2 rings (SSSR count). The number of aromatic nitrogens is 1. The van der Waals surface area contributed by atoms with E-state index < -0.39 is 0 Å². The minimum absolute atomic E-state index is 0. The number of nitrogens with zero attached hydrogens (tertiary/aromatic N) is 1. The molecule has 1 aromatic rings. The third kappa shape index (κ3) is 4.97. The number of hydrogen-bond acceptors (Lipinski definition) is 3. The Bertz CT molecular complexity index is 436. The van der Waals surface area contributed by atoms with Crippen LogP contribution in [-0.2, 0) is 0 Å². The molecule has 1 aliphatic rings. The molecule has 3 N–H and O–H groups in total. The number of halogens is 2. The predicted molar refractivity (Wildman–Crippen MR) is 81.2 cm³/mol. The van der Waals surface area contributed by atoms with Gasteiger partial charge in [0.25, 0.3) is 5.91 Å². The van der Waals surface area contributed by atoms with E-state index in [1.165, 1.54) is 12.8 Å². The minimum Gasteiger partial charge on any atom is -0.350 e. The molecule has 0 radical (unpaired) electrons. The summed E-state index contributed by atoms with van der Waals surface area (Å²) < 4.78 is 0. The second-order valence-electron chi connectivity index (χ2n) is 4.80. The number of nitrogens with one attached hydrogen (secondary N) is 1. The first-order valence-corrected chi connectivity index (χ1v) is 6.06. The second kappa shape index (κ2) is 7.68. The van der Waals surface area contributed by atoms with Gasteiger partial charge in [0.1, 0.15) is 0 Å². The van der Waals surface area contributed by atoms with Crippen LogP contribution in [0.15, 0.2) is 12.1 Å². The highest BCUT2D eigenvalue weighted by atomic mass is 35.5. The summed E-state index contributed by atoms with van der Waals surface area (Å²) in [6.45, 7) is 4.32. The molecule has 108 valence electrons. The Balaban J connectivity index is 0.00000162. The molecule has 4 nitrogen and oxygen atoms in total. The third-order valence-corrected chi connectivity index (χ3v) is 3.20. The first kappa shape index (κ1) is 18.2. The van der Waals surface area contributed by atoms with Crippen LogP contribution in [0.3, 0.4) is 0 Å². The van der Waals surface area contributed by atoms with E-state index in [1.807, 2.05) is 26.0 Å². The van der Waals surface area contributed by atoms with Gasteiger partial charge in [-0.05, 0) is 44.7 Å². The lowest BCUT2D eigenvalue weighted by Crippen LogP contribution is -2.38. The maximum Gasteiger partial charge on any atom is 0.253 e. The summed E-state index contributed by atoms with van der Waals surface area (Å²) in [5.41, 5.74) is 8.27. The molecule has 1 aromatic heterocycles. The lowest BCUT2D eigenvalue weighted by Gasteiger charge is -2.12. The number of pyridine rings is 1. The predicted octanol–water partition coefficient (Wildman–Crippen LogP) is 2.01. The van der Waals surface area contributed by atoms with Gasteiger partial charge in [-0.15, -0.1) is 24.8 Å². The zero-order valence-corrected chi connectivity index (χ0v) is 12.8. The summed E-state index contributed by atoms with van der Waals surface area (Å²) >= 11 is 0. The normalized spacial score (nSPS) is 14.9. The standard InChI is InChI=1S/C13H19N3O.2ClH/c1-8-3-6-11(9(2)16-8)13(17)15-7-12(14)10-4-5-10;;/h3,6,10,12H,4-5,7,14H2,1-2H3,(H,15,17);2*1H. The van der Waals surface area contributed by atoms with E-state index in [2.05, 4.69) is 10.3 Å². The first-order valence-electron chi connectivity index (χ1n) is 6.06. The van der Waals surface area contributed by atoms with E-state index in [1.54, 1.807) is 0 Å². The summed E-state index contributed by atoms with van der Waals surface area (Å²) in [4.78, 5) is 16.2. The average molecular weight is 306 g/mol. The maximum absolute atomic E-state index is 11.9. The molecule has 1 aliphatic carbocycles. The van der Waals surface area contributed by atoms with Crippen molar-refractivity contribution >= 4 is 30.7 Å². The van der Waals surface area contributed by atoms with Gasteiger partial charge in [-0.25, -0.2) is 0 Å². The maximum atomic E-state index is 11.9. The molecule has 0 bridgehead atoms. The molecule has 0 saturated heterocycles. The number of nitrogens with two attached hydrogens (primary N) is 1. The van der Waals surface area contributed by atoms with Gasteiger partial charge >= 0.3 is 0 Å².